The first-order chi connectivity index (χ1) is 10.5. The van der Waals surface area contributed by atoms with Gasteiger partial charge in [-0.05, 0) is 47.9 Å². The summed E-state index contributed by atoms with van der Waals surface area (Å²) >= 11 is 0. The lowest BCUT2D eigenvalue weighted by Gasteiger charge is -2.15. The van der Waals surface area contributed by atoms with E-state index >= 15 is 0 Å². The summed E-state index contributed by atoms with van der Waals surface area (Å²) in [5, 5.41) is 3.92. The third kappa shape index (κ3) is 2.74. The predicted molar refractivity (Wildman–Crippen MR) is 80.4 cm³/mol. The molecule has 22 heavy (non-hydrogen) atoms. The quantitative estimate of drug-likeness (QED) is 0.905. The van der Waals surface area contributed by atoms with E-state index in [0.717, 1.165) is 5.56 Å². The zero-order valence-electron chi connectivity index (χ0n) is 12.0. The summed E-state index contributed by atoms with van der Waals surface area (Å²) in [7, 11) is 0. The van der Waals surface area contributed by atoms with Crippen LogP contribution in [0.25, 0.3) is 11.1 Å². The Morgan fingerprint density at radius 3 is 2.59 bits per heavy atom. The molecule has 1 heterocycles. The summed E-state index contributed by atoms with van der Waals surface area (Å²) < 4.78 is 27.7. The molecule has 0 radical (unpaired) electrons. The first-order valence-electron chi connectivity index (χ1n) is 6.96. The van der Waals surface area contributed by atoms with Crippen LogP contribution < -0.4 is 5.43 Å². The second-order valence-electron chi connectivity index (χ2n) is 5.25. The molecule has 0 bridgehead atoms. The molecule has 5 heteroatoms. The number of aryl methyl sites for hydroxylation is 1. The average Bonchev–Trinajstić information content (AvgIpc) is 2.50. The Labute approximate surface area is 126 Å². The lowest BCUT2D eigenvalue weighted by molar-refractivity contribution is -0.121. The highest BCUT2D eigenvalue weighted by atomic mass is 19.1. The molecule has 1 aliphatic rings. The van der Waals surface area contributed by atoms with Crippen LogP contribution in [0.1, 0.15) is 24.0 Å². The van der Waals surface area contributed by atoms with Gasteiger partial charge in [0.1, 0.15) is 11.6 Å². The Hall–Kier alpha value is -2.56. The summed E-state index contributed by atoms with van der Waals surface area (Å²) in [4.78, 5) is 11.1. The molecule has 1 aliphatic heterocycles. The number of halogens is 2. The Morgan fingerprint density at radius 1 is 1.09 bits per heavy atom. The Balaban J connectivity index is 2.03. The van der Waals surface area contributed by atoms with Crippen molar-refractivity contribution in [1.29, 1.82) is 0 Å². The van der Waals surface area contributed by atoms with Crippen molar-refractivity contribution in [2.45, 2.75) is 19.8 Å². The van der Waals surface area contributed by atoms with Gasteiger partial charge in [0.15, 0.2) is 0 Å². The molecule has 0 fully saturated rings. The largest absolute Gasteiger partial charge is 0.273 e. The van der Waals surface area contributed by atoms with E-state index in [9.17, 15) is 13.6 Å². The van der Waals surface area contributed by atoms with Crippen LogP contribution in [0.15, 0.2) is 41.5 Å². The van der Waals surface area contributed by atoms with Crippen LogP contribution in [-0.4, -0.2) is 11.6 Å². The van der Waals surface area contributed by atoms with Crippen LogP contribution in [0.2, 0.25) is 0 Å². The molecule has 112 valence electrons. The van der Waals surface area contributed by atoms with Gasteiger partial charge in [0.2, 0.25) is 5.91 Å². The molecule has 0 atom stereocenters. The molecule has 0 unspecified atom stereocenters. The van der Waals surface area contributed by atoms with Gasteiger partial charge in [0, 0.05) is 18.4 Å². The number of nitrogens with one attached hydrogen (secondary N) is 1. The van der Waals surface area contributed by atoms with Crippen molar-refractivity contribution >= 4 is 11.6 Å². The van der Waals surface area contributed by atoms with E-state index in [-0.39, 0.29) is 11.7 Å². The summed E-state index contributed by atoms with van der Waals surface area (Å²) in [6.07, 6.45) is 0.699. The highest BCUT2D eigenvalue weighted by Crippen LogP contribution is 2.28. The highest BCUT2D eigenvalue weighted by Gasteiger charge is 2.18. The Morgan fingerprint density at radius 2 is 1.91 bits per heavy atom. The van der Waals surface area contributed by atoms with Gasteiger partial charge in [-0.2, -0.15) is 5.10 Å². The SMILES string of the molecule is Cc1cc(C2=NNC(=O)CC2)c(F)cc1-c1cccc(F)c1. The molecule has 0 saturated carbocycles. The van der Waals surface area contributed by atoms with Gasteiger partial charge in [-0.15, -0.1) is 0 Å². The number of hydrogen-bond donors (Lipinski definition) is 1. The lowest BCUT2D eigenvalue weighted by atomic mass is 9.95. The molecule has 1 amide bonds. The smallest absolute Gasteiger partial charge is 0.240 e. The van der Waals surface area contributed by atoms with E-state index in [2.05, 4.69) is 10.5 Å². The first-order valence-corrected chi connectivity index (χ1v) is 6.96. The van der Waals surface area contributed by atoms with E-state index in [1.807, 2.05) is 6.92 Å². The van der Waals surface area contributed by atoms with Crippen molar-refractivity contribution in [2.75, 3.05) is 0 Å². The van der Waals surface area contributed by atoms with Gasteiger partial charge in [0.05, 0.1) is 5.71 Å². The summed E-state index contributed by atoms with van der Waals surface area (Å²) in [6, 6.07) is 9.13. The molecule has 3 nitrogen and oxygen atoms in total. The standard InChI is InChI=1S/C17H14F2N2O/c1-10-7-14(16-5-6-17(22)21-20-16)15(19)9-13(10)11-3-2-4-12(18)8-11/h2-4,7-9H,5-6H2,1H3,(H,21,22). The van der Waals surface area contributed by atoms with Gasteiger partial charge in [0.25, 0.3) is 0 Å². The van der Waals surface area contributed by atoms with Crippen molar-refractivity contribution < 1.29 is 13.6 Å². The monoisotopic (exact) mass is 300 g/mol. The van der Waals surface area contributed by atoms with Crippen LogP contribution in [0.3, 0.4) is 0 Å². The van der Waals surface area contributed by atoms with Gasteiger partial charge in [-0.25, -0.2) is 14.2 Å². The normalized spacial score (nSPS) is 14.5. The number of benzene rings is 2. The van der Waals surface area contributed by atoms with E-state index in [0.29, 0.717) is 35.2 Å². The fourth-order valence-electron chi connectivity index (χ4n) is 2.54. The molecule has 0 aromatic heterocycles. The van der Waals surface area contributed by atoms with Crippen LogP contribution in [0.4, 0.5) is 8.78 Å². The molecule has 1 N–H and O–H groups in total. The Bertz CT molecular complexity index is 784. The maximum atomic E-state index is 14.4. The third-order valence-corrected chi connectivity index (χ3v) is 3.66. The van der Waals surface area contributed by atoms with Crippen molar-refractivity contribution in [3.05, 3.63) is 59.2 Å². The number of hydrogen-bond acceptors (Lipinski definition) is 2. The molecule has 0 spiro atoms. The minimum Gasteiger partial charge on any atom is -0.273 e. The van der Waals surface area contributed by atoms with E-state index in [1.165, 1.54) is 18.2 Å². The zero-order chi connectivity index (χ0) is 15.7. The third-order valence-electron chi connectivity index (χ3n) is 3.66. The number of hydrazone groups is 1. The molecular weight excluding hydrogens is 286 g/mol. The fraction of sp³-hybridized carbons (Fsp3) is 0.176. The number of carbonyl (C=O) groups is 1. The zero-order valence-corrected chi connectivity index (χ0v) is 12.0. The molecule has 3 rings (SSSR count). The van der Waals surface area contributed by atoms with Crippen LogP contribution in [0.5, 0.6) is 0 Å². The first kappa shape index (κ1) is 14.4. The van der Waals surface area contributed by atoms with Gasteiger partial charge < -0.3 is 0 Å². The maximum Gasteiger partial charge on any atom is 0.240 e. The van der Waals surface area contributed by atoms with E-state index in [1.54, 1.807) is 18.2 Å². The molecule has 0 aliphatic carbocycles. The minimum atomic E-state index is -0.431. The van der Waals surface area contributed by atoms with Crippen molar-refractivity contribution in [2.24, 2.45) is 5.10 Å². The number of nitrogens with zero attached hydrogens (tertiary/aromatic N) is 1. The predicted octanol–water partition coefficient (Wildman–Crippen LogP) is 3.55. The van der Waals surface area contributed by atoms with Crippen molar-refractivity contribution in [3.63, 3.8) is 0 Å². The van der Waals surface area contributed by atoms with Gasteiger partial charge in [-0.3, -0.25) is 4.79 Å². The van der Waals surface area contributed by atoms with Crippen molar-refractivity contribution in [1.82, 2.24) is 5.43 Å². The van der Waals surface area contributed by atoms with Gasteiger partial charge in [-0.1, -0.05) is 12.1 Å². The molecule has 2 aromatic carbocycles. The topological polar surface area (TPSA) is 41.5 Å². The number of rotatable bonds is 2. The number of carbonyl (C=O) groups excluding carboxylic acids is 1. The maximum absolute atomic E-state index is 14.4. The van der Waals surface area contributed by atoms with E-state index < -0.39 is 5.82 Å². The minimum absolute atomic E-state index is 0.169. The summed E-state index contributed by atoms with van der Waals surface area (Å²) in [6.45, 7) is 1.84. The second kappa shape index (κ2) is 5.67. The molecular formula is C17H14F2N2O. The lowest BCUT2D eigenvalue weighted by Crippen LogP contribution is -2.26. The average molecular weight is 300 g/mol. The highest BCUT2D eigenvalue weighted by molar-refractivity contribution is 6.04. The van der Waals surface area contributed by atoms with Crippen LogP contribution >= 0.6 is 0 Å². The molecule has 2 aromatic rings. The van der Waals surface area contributed by atoms with Crippen molar-refractivity contribution in [3.8, 4) is 11.1 Å². The van der Waals surface area contributed by atoms with Crippen LogP contribution in [0, 0.1) is 18.6 Å². The Kier molecular flexibility index (Phi) is 3.71. The molecule has 0 saturated heterocycles. The van der Waals surface area contributed by atoms with E-state index in [4.69, 9.17) is 0 Å². The summed E-state index contributed by atoms with van der Waals surface area (Å²) in [5.74, 6) is -0.960. The number of amides is 1. The summed E-state index contributed by atoms with van der Waals surface area (Å²) in [5.41, 5.74) is 5.34. The second-order valence-corrected chi connectivity index (χ2v) is 5.25. The van der Waals surface area contributed by atoms with Crippen LogP contribution in [-0.2, 0) is 4.79 Å². The fourth-order valence-corrected chi connectivity index (χ4v) is 2.54. The van der Waals surface area contributed by atoms with Gasteiger partial charge >= 0.3 is 0 Å².